The highest BCUT2D eigenvalue weighted by Gasteiger charge is 2.36. The van der Waals surface area contributed by atoms with Crippen molar-refractivity contribution in [1.29, 1.82) is 0 Å². The first-order chi connectivity index (χ1) is 27.8. The van der Waals surface area contributed by atoms with E-state index in [-0.39, 0.29) is 97.5 Å². The number of sulfonamides is 3. The Morgan fingerprint density at radius 2 is 0.914 bits per heavy atom. The van der Waals surface area contributed by atoms with Crippen LogP contribution < -0.4 is 14.2 Å². The van der Waals surface area contributed by atoms with Gasteiger partial charge in [0.2, 0.25) is 30.1 Å². The number of hydrogen-bond donors (Lipinski definition) is 0. The van der Waals surface area contributed by atoms with Gasteiger partial charge < -0.3 is 14.2 Å². The molecule has 0 aromatic heterocycles. The molecule has 8 rings (SSSR count). The summed E-state index contributed by atoms with van der Waals surface area (Å²) in [5.74, 6) is 0.424. The molecule has 58 heavy (non-hydrogen) atoms. The third-order valence-electron chi connectivity index (χ3n) is 11.7. The van der Waals surface area contributed by atoms with E-state index in [2.05, 4.69) is 0 Å². The van der Waals surface area contributed by atoms with Gasteiger partial charge in [0.25, 0.3) is 5.69 Å². The van der Waals surface area contributed by atoms with Crippen molar-refractivity contribution >= 4 is 68.1 Å². The molecule has 0 aliphatic carbocycles. The summed E-state index contributed by atoms with van der Waals surface area (Å²) in [6.07, 6.45) is 6.65. The fourth-order valence-electron chi connectivity index (χ4n) is 8.71. The molecule has 0 atom stereocenters. The lowest BCUT2D eigenvalue weighted by molar-refractivity contribution is -0.385. The maximum absolute atomic E-state index is 14.7. The molecule has 15 nitrogen and oxygen atoms in total. The van der Waals surface area contributed by atoms with Crippen LogP contribution in [0.4, 0.5) is 5.69 Å². The molecule has 3 fully saturated rings. The van der Waals surface area contributed by atoms with Crippen molar-refractivity contribution in [2.45, 2.75) is 79.1 Å². The van der Waals surface area contributed by atoms with Gasteiger partial charge in [-0.25, -0.2) is 25.3 Å². The zero-order chi connectivity index (χ0) is 41.0. The first-order valence-corrected chi connectivity index (χ1v) is 23.9. The molecule has 0 N–H and O–H groups in total. The van der Waals surface area contributed by atoms with E-state index >= 15 is 0 Å². The standard InChI is InChI=1S/C40H46N4O11S3/c1-53-34-22-27(32(44(45)46)23-35(34)54-2)26-55-33-24-36(56(47,48)41-16-6-3-7-17-41)29-14-15-31-38(58(51,52)43-20-10-5-11-21-43)25-37(30-13-12-28(33)39(29)40(30)31)57(49,50)42-18-8-4-9-19-42/h12-15,22-25H,3-11,16-21,26H2,1-2H3. The molecule has 5 aromatic rings. The lowest BCUT2D eigenvalue weighted by Gasteiger charge is -2.30. The van der Waals surface area contributed by atoms with E-state index in [1.54, 1.807) is 24.3 Å². The second kappa shape index (κ2) is 15.7. The van der Waals surface area contributed by atoms with Crippen LogP contribution in [0.3, 0.4) is 0 Å². The van der Waals surface area contributed by atoms with Gasteiger partial charge >= 0.3 is 0 Å². The second-order valence-electron chi connectivity index (χ2n) is 15.1. The normalized spacial score (nSPS) is 18.2. The van der Waals surface area contributed by atoms with Gasteiger partial charge in [0.05, 0.1) is 45.5 Å². The van der Waals surface area contributed by atoms with Gasteiger partial charge in [0.1, 0.15) is 12.4 Å². The number of rotatable bonds is 12. The first-order valence-electron chi connectivity index (χ1n) is 19.6. The van der Waals surface area contributed by atoms with E-state index in [1.807, 2.05) is 0 Å². The Kier molecular flexibility index (Phi) is 10.9. The molecule has 0 unspecified atom stereocenters. The van der Waals surface area contributed by atoms with Crippen LogP contribution >= 0.6 is 0 Å². The van der Waals surface area contributed by atoms with Crippen molar-refractivity contribution in [3.05, 3.63) is 64.2 Å². The first kappa shape index (κ1) is 40.4. The molecule has 0 bridgehead atoms. The van der Waals surface area contributed by atoms with Crippen molar-refractivity contribution in [1.82, 2.24) is 12.9 Å². The van der Waals surface area contributed by atoms with Crippen molar-refractivity contribution in [3.63, 3.8) is 0 Å². The minimum atomic E-state index is -4.23. The van der Waals surface area contributed by atoms with E-state index in [0.29, 0.717) is 62.4 Å². The maximum atomic E-state index is 14.7. The number of nitro benzene ring substituents is 1. The molecule has 0 radical (unpaired) electrons. The summed E-state index contributed by atoms with van der Waals surface area (Å²) in [5.41, 5.74) is -0.185. The summed E-state index contributed by atoms with van der Waals surface area (Å²) in [5, 5.41) is 14.0. The summed E-state index contributed by atoms with van der Waals surface area (Å²) in [4.78, 5) is 11.2. The number of hydrogen-bond acceptors (Lipinski definition) is 11. The van der Waals surface area contributed by atoms with Gasteiger partial charge in [-0.1, -0.05) is 37.5 Å². The summed E-state index contributed by atoms with van der Waals surface area (Å²) in [7, 11) is -9.90. The van der Waals surface area contributed by atoms with Crippen molar-refractivity contribution in [2.75, 3.05) is 53.5 Å². The topological polar surface area (TPSA) is 183 Å². The van der Waals surface area contributed by atoms with Crippen molar-refractivity contribution < 1.29 is 44.4 Å². The van der Waals surface area contributed by atoms with E-state index in [1.165, 1.54) is 51.4 Å². The molecule has 5 aromatic carbocycles. The predicted octanol–water partition coefficient (Wildman–Crippen LogP) is 6.61. The Labute approximate surface area is 338 Å². The lowest BCUT2D eigenvalue weighted by atomic mass is 9.93. The number of methoxy groups -OCH3 is 2. The van der Waals surface area contributed by atoms with Gasteiger partial charge in [-0.2, -0.15) is 12.9 Å². The number of piperidine rings is 3. The molecule has 3 heterocycles. The molecular weight excluding hydrogens is 809 g/mol. The fourth-order valence-corrected chi connectivity index (χ4v) is 14.0. The summed E-state index contributed by atoms with van der Waals surface area (Å²) in [6, 6.07) is 11.8. The Bertz CT molecular complexity index is 2670. The number of nitro groups is 1. The molecule has 3 aliphatic heterocycles. The van der Waals surface area contributed by atoms with Crippen LogP contribution in [-0.4, -0.2) is 96.6 Å². The van der Waals surface area contributed by atoms with Crippen LogP contribution in [0.15, 0.2) is 63.2 Å². The van der Waals surface area contributed by atoms with E-state index < -0.39 is 35.0 Å². The van der Waals surface area contributed by atoms with Crippen LogP contribution in [0.1, 0.15) is 63.4 Å². The van der Waals surface area contributed by atoms with Crippen LogP contribution in [0.2, 0.25) is 0 Å². The second-order valence-corrected chi connectivity index (χ2v) is 20.8. The highest BCUT2D eigenvalue weighted by Crippen LogP contribution is 2.47. The average Bonchev–Trinajstić information content (AvgIpc) is 3.24. The molecular formula is C40H46N4O11S3. The Morgan fingerprint density at radius 3 is 1.33 bits per heavy atom. The third-order valence-corrected chi connectivity index (χ3v) is 17.5. The van der Waals surface area contributed by atoms with E-state index in [9.17, 15) is 35.4 Å². The number of benzene rings is 5. The van der Waals surface area contributed by atoms with Crippen LogP contribution in [-0.2, 0) is 36.7 Å². The molecule has 3 aliphatic rings. The summed E-state index contributed by atoms with van der Waals surface area (Å²) < 4.78 is 109. The Morgan fingerprint density at radius 1 is 0.534 bits per heavy atom. The molecule has 18 heteroatoms. The molecule has 3 saturated heterocycles. The average molecular weight is 855 g/mol. The fraction of sp³-hybridized carbons (Fsp3) is 0.450. The minimum Gasteiger partial charge on any atom is -0.493 e. The lowest BCUT2D eigenvalue weighted by Crippen LogP contribution is -2.37. The van der Waals surface area contributed by atoms with Crippen molar-refractivity contribution in [2.24, 2.45) is 0 Å². The quantitative estimate of drug-likeness (QED) is 0.0748. The number of ether oxygens (including phenoxy) is 3. The molecule has 0 saturated carbocycles. The Balaban J connectivity index is 1.42. The van der Waals surface area contributed by atoms with Gasteiger partial charge in [0, 0.05) is 77.7 Å². The minimum absolute atomic E-state index is 0.0614. The Hall–Kier alpha value is -4.33. The van der Waals surface area contributed by atoms with Gasteiger partial charge in [-0.3, -0.25) is 10.1 Å². The van der Waals surface area contributed by atoms with Crippen LogP contribution in [0.5, 0.6) is 17.2 Å². The largest absolute Gasteiger partial charge is 0.493 e. The molecule has 0 amide bonds. The zero-order valence-corrected chi connectivity index (χ0v) is 34.9. The highest BCUT2D eigenvalue weighted by molar-refractivity contribution is 7.90. The van der Waals surface area contributed by atoms with Gasteiger partial charge in [-0.05, 0) is 56.7 Å². The van der Waals surface area contributed by atoms with Crippen LogP contribution in [0.25, 0.3) is 32.3 Å². The maximum Gasteiger partial charge on any atom is 0.280 e. The summed E-state index contributed by atoms with van der Waals surface area (Å²) >= 11 is 0. The van der Waals surface area contributed by atoms with E-state index in [0.717, 1.165) is 19.3 Å². The monoisotopic (exact) mass is 854 g/mol. The summed E-state index contributed by atoms with van der Waals surface area (Å²) in [6.45, 7) is 1.37. The SMILES string of the molecule is COc1cc(COc2cc(S(=O)(=O)N3CCCCC3)c3ccc4c(S(=O)(=O)N5CCCCC5)cc(S(=O)(=O)N5CCCCC5)c5ccc2c3c54)c([N+](=O)[O-])cc1OC. The van der Waals surface area contributed by atoms with Crippen LogP contribution in [0, 0.1) is 10.1 Å². The highest BCUT2D eigenvalue weighted by atomic mass is 32.2. The molecule has 0 spiro atoms. The van der Waals surface area contributed by atoms with Crippen molar-refractivity contribution in [3.8, 4) is 17.2 Å². The third kappa shape index (κ3) is 6.90. The number of nitrogens with zero attached hydrogens (tertiary/aromatic N) is 4. The van der Waals surface area contributed by atoms with Gasteiger partial charge in [0.15, 0.2) is 11.5 Å². The zero-order valence-electron chi connectivity index (χ0n) is 32.4. The van der Waals surface area contributed by atoms with E-state index in [4.69, 9.17) is 14.2 Å². The predicted molar refractivity (Wildman–Crippen MR) is 219 cm³/mol. The molecule has 310 valence electrons. The van der Waals surface area contributed by atoms with Gasteiger partial charge in [-0.15, -0.1) is 0 Å². The smallest absolute Gasteiger partial charge is 0.280 e.